The molecule has 118 valence electrons. The number of aromatic nitrogens is 3. The monoisotopic (exact) mass is 371 g/mol. The molecular weight excluding hydrogens is 354 g/mol. The van der Waals surface area contributed by atoms with E-state index in [9.17, 15) is 0 Å². The molecule has 1 saturated heterocycles. The van der Waals surface area contributed by atoms with E-state index in [0.29, 0.717) is 0 Å². The van der Waals surface area contributed by atoms with E-state index in [-0.39, 0.29) is 0 Å². The topological polar surface area (TPSA) is 56.8 Å². The molecule has 0 atom stereocenters. The van der Waals surface area contributed by atoms with Gasteiger partial charge in [0.05, 0.1) is 10.2 Å². The van der Waals surface area contributed by atoms with Gasteiger partial charge in [0.25, 0.3) is 0 Å². The van der Waals surface area contributed by atoms with Crippen molar-refractivity contribution in [2.45, 2.75) is 12.8 Å². The van der Waals surface area contributed by atoms with Gasteiger partial charge in [0, 0.05) is 37.6 Å². The molecule has 4 rings (SSSR count). The molecule has 0 amide bonds. The maximum atomic E-state index is 4.62. The summed E-state index contributed by atoms with van der Waals surface area (Å²) in [5, 5.41) is 3.18. The smallest absolute Gasteiger partial charge is 0.180 e. The summed E-state index contributed by atoms with van der Waals surface area (Å²) in [4.78, 5) is 14.8. The number of imidazole rings is 1. The van der Waals surface area contributed by atoms with Crippen molar-refractivity contribution < 1.29 is 0 Å². The molecule has 0 unspecified atom stereocenters. The Labute approximate surface area is 143 Å². The molecule has 5 nitrogen and oxygen atoms in total. The number of hydrogen-bond donors (Lipinski definition) is 2. The zero-order valence-corrected chi connectivity index (χ0v) is 14.5. The Balaban J connectivity index is 1.71. The molecule has 6 heteroatoms. The number of rotatable bonds is 3. The fourth-order valence-corrected chi connectivity index (χ4v) is 3.62. The van der Waals surface area contributed by atoms with Gasteiger partial charge in [0.2, 0.25) is 0 Å². The second-order valence-corrected chi connectivity index (χ2v) is 6.61. The van der Waals surface area contributed by atoms with E-state index in [4.69, 9.17) is 0 Å². The van der Waals surface area contributed by atoms with E-state index in [0.717, 1.165) is 45.8 Å². The first-order chi connectivity index (χ1) is 11.3. The van der Waals surface area contributed by atoms with Gasteiger partial charge in [-0.05, 0) is 53.0 Å². The van der Waals surface area contributed by atoms with Crippen LogP contribution >= 0.6 is 15.9 Å². The van der Waals surface area contributed by atoms with Crippen molar-refractivity contribution in [3.63, 3.8) is 0 Å². The lowest BCUT2D eigenvalue weighted by atomic mass is 10.2. The second kappa shape index (κ2) is 5.85. The van der Waals surface area contributed by atoms with Gasteiger partial charge >= 0.3 is 0 Å². The molecule has 3 heterocycles. The van der Waals surface area contributed by atoms with Crippen LogP contribution in [0.3, 0.4) is 0 Å². The molecule has 1 fully saturated rings. The Bertz CT molecular complexity index is 834. The van der Waals surface area contributed by atoms with Crippen LogP contribution in [-0.4, -0.2) is 35.1 Å². The highest BCUT2D eigenvalue weighted by Gasteiger charge is 2.14. The molecular formula is C17H18BrN5. The number of anilines is 2. The molecule has 1 aliphatic rings. The molecule has 2 N–H and O–H groups in total. The van der Waals surface area contributed by atoms with Gasteiger partial charge in [0.1, 0.15) is 11.3 Å². The zero-order chi connectivity index (χ0) is 15.8. The summed E-state index contributed by atoms with van der Waals surface area (Å²) in [6, 6.07) is 8.60. The van der Waals surface area contributed by atoms with Crippen molar-refractivity contribution in [1.29, 1.82) is 0 Å². The van der Waals surface area contributed by atoms with Crippen LogP contribution in [0.25, 0.3) is 22.6 Å². The van der Waals surface area contributed by atoms with Crippen LogP contribution in [-0.2, 0) is 0 Å². The Morgan fingerprint density at radius 1 is 1.17 bits per heavy atom. The molecule has 0 spiro atoms. The van der Waals surface area contributed by atoms with Crippen LogP contribution in [0.2, 0.25) is 0 Å². The number of pyridine rings is 1. The number of nitrogens with one attached hydrogen (secondary N) is 2. The highest BCUT2D eigenvalue weighted by Crippen LogP contribution is 2.31. The fourth-order valence-electron chi connectivity index (χ4n) is 3.12. The number of fused-ring (bicyclic) bond motifs is 1. The summed E-state index contributed by atoms with van der Waals surface area (Å²) >= 11 is 3.51. The summed E-state index contributed by atoms with van der Waals surface area (Å²) in [5.74, 6) is 0.843. The van der Waals surface area contributed by atoms with Crippen molar-refractivity contribution >= 4 is 38.5 Å². The first-order valence-corrected chi connectivity index (χ1v) is 8.63. The number of H-pyrrole nitrogens is 1. The average Bonchev–Trinajstić information content (AvgIpc) is 3.24. The minimum absolute atomic E-state index is 0.719. The maximum Gasteiger partial charge on any atom is 0.180 e. The zero-order valence-electron chi connectivity index (χ0n) is 12.9. The van der Waals surface area contributed by atoms with Crippen molar-refractivity contribution in [3.05, 3.63) is 34.9 Å². The Morgan fingerprint density at radius 3 is 2.61 bits per heavy atom. The lowest BCUT2D eigenvalue weighted by molar-refractivity contribution is 0.949. The van der Waals surface area contributed by atoms with Crippen LogP contribution in [0, 0.1) is 0 Å². The van der Waals surface area contributed by atoms with Crippen LogP contribution in [0.5, 0.6) is 0 Å². The highest BCUT2D eigenvalue weighted by atomic mass is 79.9. The molecule has 23 heavy (non-hydrogen) atoms. The van der Waals surface area contributed by atoms with Gasteiger partial charge < -0.3 is 15.2 Å². The van der Waals surface area contributed by atoms with Crippen molar-refractivity contribution in [3.8, 4) is 11.4 Å². The number of aromatic amines is 1. The fraction of sp³-hybridized carbons (Fsp3) is 0.294. The maximum absolute atomic E-state index is 4.62. The van der Waals surface area contributed by atoms with Gasteiger partial charge in [-0.2, -0.15) is 0 Å². The minimum atomic E-state index is 0.719. The minimum Gasteiger partial charge on any atom is -0.385 e. The predicted molar refractivity (Wildman–Crippen MR) is 98.0 cm³/mol. The first kappa shape index (κ1) is 14.5. The van der Waals surface area contributed by atoms with E-state index < -0.39 is 0 Å². The summed E-state index contributed by atoms with van der Waals surface area (Å²) in [5.41, 5.74) is 4.97. The summed E-state index contributed by atoms with van der Waals surface area (Å²) in [6.07, 6.45) is 4.35. The van der Waals surface area contributed by atoms with Crippen LogP contribution in [0.15, 0.2) is 34.9 Å². The summed E-state index contributed by atoms with van der Waals surface area (Å²) in [7, 11) is 1.89. The first-order valence-electron chi connectivity index (χ1n) is 7.83. The predicted octanol–water partition coefficient (Wildman–Crippen LogP) is 4.03. The van der Waals surface area contributed by atoms with Crippen LogP contribution < -0.4 is 10.2 Å². The van der Waals surface area contributed by atoms with E-state index in [1.165, 1.54) is 18.5 Å². The number of hydrogen-bond acceptors (Lipinski definition) is 4. The Kier molecular flexibility index (Phi) is 3.69. The quantitative estimate of drug-likeness (QED) is 0.729. The van der Waals surface area contributed by atoms with E-state index in [2.05, 4.69) is 65.4 Å². The van der Waals surface area contributed by atoms with Gasteiger partial charge in [-0.25, -0.2) is 9.97 Å². The van der Waals surface area contributed by atoms with E-state index in [1.54, 1.807) is 6.20 Å². The number of halogens is 1. The Hall–Kier alpha value is -2.08. The number of benzene rings is 1. The molecule has 0 saturated carbocycles. The summed E-state index contributed by atoms with van der Waals surface area (Å²) in [6.45, 7) is 2.32. The van der Waals surface area contributed by atoms with Gasteiger partial charge in [-0.3, -0.25) is 0 Å². The highest BCUT2D eigenvalue weighted by molar-refractivity contribution is 9.10. The molecule has 1 aromatic carbocycles. The van der Waals surface area contributed by atoms with Crippen LogP contribution in [0.4, 0.5) is 11.4 Å². The second-order valence-electron chi connectivity index (χ2n) is 5.76. The third-order valence-electron chi connectivity index (χ3n) is 4.34. The molecule has 1 aliphatic heterocycles. The van der Waals surface area contributed by atoms with E-state index >= 15 is 0 Å². The van der Waals surface area contributed by atoms with Gasteiger partial charge in [-0.1, -0.05) is 0 Å². The van der Waals surface area contributed by atoms with Crippen molar-refractivity contribution in [2.24, 2.45) is 0 Å². The van der Waals surface area contributed by atoms with Gasteiger partial charge in [0.15, 0.2) is 5.65 Å². The third-order valence-corrected chi connectivity index (χ3v) is 4.94. The van der Waals surface area contributed by atoms with Crippen LogP contribution in [0.1, 0.15) is 12.8 Å². The molecule has 0 bridgehead atoms. The molecule has 2 aromatic heterocycles. The average molecular weight is 372 g/mol. The molecule has 3 aromatic rings. The Morgan fingerprint density at radius 2 is 1.91 bits per heavy atom. The standard InChI is InChI=1S/C17H18BrN5/c1-19-14-13(18)10-20-17-15(14)21-16(22-17)11-4-6-12(7-5-11)23-8-2-3-9-23/h4-7,10H,2-3,8-9H2,1H3,(H2,19,20,21,22). The molecule has 0 radical (unpaired) electrons. The molecule has 0 aliphatic carbocycles. The van der Waals surface area contributed by atoms with Crippen molar-refractivity contribution in [2.75, 3.05) is 30.4 Å². The van der Waals surface area contributed by atoms with Crippen molar-refractivity contribution in [1.82, 2.24) is 15.0 Å². The number of nitrogens with zero attached hydrogens (tertiary/aromatic N) is 3. The summed E-state index contributed by atoms with van der Waals surface area (Å²) < 4.78 is 0.923. The SMILES string of the molecule is CNc1c(Br)cnc2nc(-c3ccc(N4CCCC4)cc3)[nH]c12. The lowest BCUT2D eigenvalue weighted by Gasteiger charge is -2.17. The normalized spacial score (nSPS) is 14.6. The largest absolute Gasteiger partial charge is 0.385 e. The van der Waals surface area contributed by atoms with E-state index in [1.807, 2.05) is 7.05 Å². The lowest BCUT2D eigenvalue weighted by Crippen LogP contribution is -2.17. The van der Waals surface area contributed by atoms with Gasteiger partial charge in [-0.15, -0.1) is 0 Å². The third kappa shape index (κ3) is 2.57.